The fourth-order valence-corrected chi connectivity index (χ4v) is 4.90. The molecule has 2 unspecified atom stereocenters. The number of hydrogen-bond acceptors (Lipinski definition) is 7. The Kier molecular flexibility index (Phi) is 5.58. The Morgan fingerprint density at radius 2 is 2.03 bits per heavy atom. The molecule has 174 valence electrons. The molecule has 0 spiro atoms. The molecule has 1 fully saturated rings. The van der Waals surface area contributed by atoms with Crippen LogP contribution in [0.2, 0.25) is 0 Å². The number of carbonyl (C=O) groups is 1. The van der Waals surface area contributed by atoms with Crippen molar-refractivity contribution in [2.45, 2.75) is 32.9 Å². The number of benzene rings is 1. The highest BCUT2D eigenvalue weighted by molar-refractivity contribution is 6.02. The molecule has 2 aliphatic heterocycles. The van der Waals surface area contributed by atoms with Crippen LogP contribution in [0.1, 0.15) is 30.9 Å². The maximum atomic E-state index is 12.6. The first-order valence-corrected chi connectivity index (χ1v) is 11.5. The van der Waals surface area contributed by atoms with Crippen molar-refractivity contribution < 1.29 is 9.21 Å². The molecule has 0 radical (unpaired) electrons. The molecule has 1 saturated heterocycles. The van der Waals surface area contributed by atoms with Crippen molar-refractivity contribution >= 4 is 17.6 Å². The summed E-state index contributed by atoms with van der Waals surface area (Å²) in [5.74, 6) is -0.0855. The number of piperazine rings is 1. The van der Waals surface area contributed by atoms with E-state index in [0.29, 0.717) is 17.5 Å². The lowest BCUT2D eigenvalue weighted by Gasteiger charge is -2.46. The van der Waals surface area contributed by atoms with E-state index in [-0.39, 0.29) is 23.3 Å². The van der Waals surface area contributed by atoms with Gasteiger partial charge in [0.05, 0.1) is 12.0 Å². The lowest BCUT2D eigenvalue weighted by molar-refractivity contribution is -0.117. The highest BCUT2D eigenvalue weighted by atomic mass is 16.4. The highest BCUT2D eigenvalue weighted by Gasteiger charge is 2.36. The normalized spacial score (nSPS) is 24.1. The number of hydrogen-bond donors (Lipinski definition) is 1. The predicted octanol–water partition coefficient (Wildman–Crippen LogP) is 3.20. The van der Waals surface area contributed by atoms with Crippen LogP contribution in [0.25, 0.3) is 5.70 Å². The van der Waals surface area contributed by atoms with Crippen LogP contribution in [0.4, 0.5) is 6.01 Å². The van der Waals surface area contributed by atoms with E-state index < -0.39 is 0 Å². The standard InChI is InChI=1S/C26H28N6O2/c1-17-29-30-25(34-17)31-11-12-32(26(2,3)16-31)15-18-7-9-19(10-8-18)23-13-22-20(14-27)5-4-6-21(22)24(33)28-23/h4-10,13,20,22H,11-12,15-16H2,1-3H3,(H,28,33). The Hall–Kier alpha value is -3.70. The summed E-state index contributed by atoms with van der Waals surface area (Å²) in [7, 11) is 0. The Bertz CT molecular complexity index is 1230. The van der Waals surface area contributed by atoms with Gasteiger partial charge in [-0.25, -0.2) is 0 Å². The van der Waals surface area contributed by atoms with E-state index in [1.807, 2.05) is 24.3 Å². The Morgan fingerprint density at radius 1 is 1.24 bits per heavy atom. The van der Waals surface area contributed by atoms with Gasteiger partial charge in [0.25, 0.3) is 5.91 Å². The minimum Gasteiger partial charge on any atom is -0.408 e. The summed E-state index contributed by atoms with van der Waals surface area (Å²) in [5.41, 5.74) is 3.49. The second-order valence-corrected chi connectivity index (χ2v) is 9.68. The molecular weight excluding hydrogens is 428 g/mol. The molecule has 3 heterocycles. The van der Waals surface area contributed by atoms with Crippen molar-refractivity contribution in [1.82, 2.24) is 20.4 Å². The van der Waals surface area contributed by atoms with Gasteiger partial charge in [-0.3, -0.25) is 9.69 Å². The lowest BCUT2D eigenvalue weighted by atomic mass is 9.79. The molecule has 2 aromatic rings. The maximum absolute atomic E-state index is 12.6. The van der Waals surface area contributed by atoms with Crippen LogP contribution in [0, 0.1) is 30.1 Å². The third-order valence-electron chi connectivity index (χ3n) is 6.84. The largest absolute Gasteiger partial charge is 0.408 e. The van der Waals surface area contributed by atoms with Crippen molar-refractivity contribution in [3.63, 3.8) is 0 Å². The van der Waals surface area contributed by atoms with Crippen LogP contribution in [0.3, 0.4) is 0 Å². The summed E-state index contributed by atoms with van der Waals surface area (Å²) in [6.07, 6.45) is 7.44. The summed E-state index contributed by atoms with van der Waals surface area (Å²) < 4.78 is 5.62. The molecule has 1 aromatic carbocycles. The molecule has 1 amide bonds. The number of allylic oxidation sites excluding steroid dienone is 4. The van der Waals surface area contributed by atoms with Gasteiger partial charge >= 0.3 is 6.01 Å². The Labute approximate surface area is 199 Å². The minimum absolute atomic E-state index is 0.0668. The topological polar surface area (TPSA) is 98.3 Å². The molecule has 0 bridgehead atoms. The van der Waals surface area contributed by atoms with Crippen LogP contribution in [0.5, 0.6) is 0 Å². The van der Waals surface area contributed by atoms with E-state index in [1.165, 1.54) is 5.56 Å². The molecule has 5 rings (SSSR count). The van der Waals surface area contributed by atoms with E-state index in [1.54, 1.807) is 19.1 Å². The summed E-state index contributed by atoms with van der Waals surface area (Å²) in [6, 6.07) is 11.2. The maximum Gasteiger partial charge on any atom is 0.318 e. The molecule has 8 heteroatoms. The van der Waals surface area contributed by atoms with Crippen LogP contribution in [0.15, 0.2) is 58.6 Å². The molecule has 2 atom stereocenters. The number of rotatable bonds is 4. The van der Waals surface area contributed by atoms with E-state index >= 15 is 0 Å². The van der Waals surface area contributed by atoms with Crippen LogP contribution in [-0.4, -0.2) is 46.2 Å². The molecular formula is C26H28N6O2. The van der Waals surface area contributed by atoms with Crippen LogP contribution in [-0.2, 0) is 11.3 Å². The van der Waals surface area contributed by atoms with Gasteiger partial charge < -0.3 is 14.6 Å². The summed E-state index contributed by atoms with van der Waals surface area (Å²) in [6.45, 7) is 9.61. The third-order valence-corrected chi connectivity index (χ3v) is 6.84. The first-order valence-electron chi connectivity index (χ1n) is 11.5. The van der Waals surface area contributed by atoms with Gasteiger partial charge in [0.1, 0.15) is 0 Å². The molecule has 0 saturated carbocycles. The van der Waals surface area contributed by atoms with Gasteiger partial charge in [-0.2, -0.15) is 5.26 Å². The number of nitrogens with zero attached hydrogens (tertiary/aromatic N) is 5. The number of fused-ring (bicyclic) bond motifs is 1. The van der Waals surface area contributed by atoms with E-state index in [2.05, 4.69) is 57.4 Å². The molecule has 1 aromatic heterocycles. The van der Waals surface area contributed by atoms with Crippen LogP contribution < -0.4 is 10.2 Å². The number of nitriles is 1. The highest BCUT2D eigenvalue weighted by Crippen LogP contribution is 2.34. The number of nitrogens with one attached hydrogen (secondary N) is 1. The van der Waals surface area contributed by atoms with Crippen molar-refractivity contribution in [2.24, 2.45) is 11.8 Å². The SMILES string of the molecule is Cc1nnc(N2CCN(Cc3ccc(C4=CC5C(=CC=CC5C#N)C(=O)N4)cc3)C(C)(C)C2)o1. The van der Waals surface area contributed by atoms with Gasteiger partial charge in [0.2, 0.25) is 5.89 Å². The zero-order chi connectivity index (χ0) is 23.9. The van der Waals surface area contributed by atoms with Crippen LogP contribution >= 0.6 is 0 Å². The van der Waals surface area contributed by atoms with Gasteiger partial charge in [-0.05, 0) is 25.0 Å². The molecule has 8 nitrogen and oxygen atoms in total. The first-order chi connectivity index (χ1) is 16.3. The van der Waals surface area contributed by atoms with Crippen molar-refractivity contribution in [2.75, 3.05) is 24.5 Å². The number of aryl methyl sites for hydroxylation is 1. The number of carbonyl (C=O) groups excluding carboxylic acids is 1. The van der Waals surface area contributed by atoms with Gasteiger partial charge in [-0.1, -0.05) is 53.7 Å². The monoisotopic (exact) mass is 456 g/mol. The van der Waals surface area contributed by atoms with Crippen molar-refractivity contribution in [3.8, 4) is 6.07 Å². The second-order valence-electron chi connectivity index (χ2n) is 9.68. The molecule has 34 heavy (non-hydrogen) atoms. The quantitative estimate of drug-likeness (QED) is 0.754. The molecule has 3 aliphatic rings. The average Bonchev–Trinajstić information content (AvgIpc) is 3.26. The van der Waals surface area contributed by atoms with Gasteiger partial charge in [0.15, 0.2) is 0 Å². The summed E-state index contributed by atoms with van der Waals surface area (Å²) in [5, 5.41) is 20.6. The Morgan fingerprint density at radius 3 is 2.71 bits per heavy atom. The fraction of sp³-hybridized carbons (Fsp3) is 0.385. The van der Waals surface area contributed by atoms with Gasteiger partial charge in [0, 0.05) is 55.8 Å². The van der Waals surface area contributed by atoms with Crippen molar-refractivity contribution in [1.29, 1.82) is 5.26 Å². The predicted molar refractivity (Wildman–Crippen MR) is 128 cm³/mol. The molecule has 1 aliphatic carbocycles. The number of aromatic nitrogens is 2. The smallest absolute Gasteiger partial charge is 0.318 e. The molecule has 1 N–H and O–H groups in total. The summed E-state index contributed by atoms with van der Waals surface area (Å²) >= 11 is 0. The second kappa shape index (κ2) is 8.58. The zero-order valence-corrected chi connectivity index (χ0v) is 19.7. The number of anilines is 1. The van der Waals surface area contributed by atoms with E-state index in [0.717, 1.165) is 37.4 Å². The number of amides is 1. The lowest BCUT2D eigenvalue weighted by Crippen LogP contribution is -2.59. The first kappa shape index (κ1) is 22.1. The average molecular weight is 457 g/mol. The van der Waals surface area contributed by atoms with Gasteiger partial charge in [-0.15, -0.1) is 5.10 Å². The third kappa shape index (κ3) is 4.15. The van der Waals surface area contributed by atoms with E-state index in [9.17, 15) is 10.1 Å². The fourth-order valence-electron chi connectivity index (χ4n) is 4.90. The Balaban J connectivity index is 1.28. The van der Waals surface area contributed by atoms with E-state index in [4.69, 9.17) is 4.42 Å². The zero-order valence-electron chi connectivity index (χ0n) is 19.7. The summed E-state index contributed by atoms with van der Waals surface area (Å²) in [4.78, 5) is 17.2. The van der Waals surface area contributed by atoms with Crippen molar-refractivity contribution in [3.05, 3.63) is 71.2 Å². The minimum atomic E-state index is -0.322.